The molecule has 0 radical (unpaired) electrons. The van der Waals surface area contributed by atoms with Crippen LogP contribution in [0.4, 0.5) is 0 Å². The lowest BCUT2D eigenvalue weighted by Crippen LogP contribution is -1.93. The Balaban J connectivity index is 3.06. The van der Waals surface area contributed by atoms with Crippen LogP contribution in [0.25, 0.3) is 0 Å². The van der Waals surface area contributed by atoms with Crippen LogP contribution in [0.1, 0.15) is 25.3 Å². The summed E-state index contributed by atoms with van der Waals surface area (Å²) in [5.74, 6) is 1.02. The van der Waals surface area contributed by atoms with Gasteiger partial charge in [-0.05, 0) is 17.5 Å². The highest BCUT2D eigenvalue weighted by atomic mass is 35.5. The quantitative estimate of drug-likeness (QED) is 0.661. The lowest BCUT2D eigenvalue weighted by molar-refractivity contribution is 0.397. The van der Waals surface area contributed by atoms with E-state index in [0.717, 1.165) is 5.56 Å². The van der Waals surface area contributed by atoms with Crippen molar-refractivity contribution in [1.82, 2.24) is 4.98 Å². The summed E-state index contributed by atoms with van der Waals surface area (Å²) >= 11 is 5.78. The molecule has 0 aliphatic heterocycles. The van der Waals surface area contributed by atoms with Crippen LogP contribution >= 0.6 is 11.6 Å². The van der Waals surface area contributed by atoms with Gasteiger partial charge >= 0.3 is 0 Å². The number of methoxy groups -OCH3 is 1. The first-order valence-electron chi connectivity index (χ1n) is 3.85. The van der Waals surface area contributed by atoms with Crippen LogP contribution in [0, 0.1) is 0 Å². The molecule has 0 aliphatic rings. The molecular weight excluding hydrogens is 174 g/mol. The fraction of sp³-hybridized carbons (Fsp3) is 0.444. The molecular formula is C9H12ClNO. The first-order valence-corrected chi connectivity index (χ1v) is 4.22. The van der Waals surface area contributed by atoms with E-state index in [1.807, 2.05) is 12.1 Å². The number of halogens is 1. The Morgan fingerprint density at radius 1 is 1.42 bits per heavy atom. The van der Waals surface area contributed by atoms with Crippen LogP contribution in [0.2, 0.25) is 5.15 Å². The van der Waals surface area contributed by atoms with Gasteiger partial charge in [-0.1, -0.05) is 25.4 Å². The molecule has 12 heavy (non-hydrogen) atoms. The molecule has 1 aromatic heterocycles. The third kappa shape index (κ3) is 2.11. The van der Waals surface area contributed by atoms with Crippen molar-refractivity contribution < 1.29 is 4.74 Å². The summed E-state index contributed by atoms with van der Waals surface area (Å²) in [6, 6.07) is 3.76. The molecule has 1 rings (SSSR count). The molecule has 66 valence electrons. The highest BCUT2D eigenvalue weighted by molar-refractivity contribution is 6.29. The van der Waals surface area contributed by atoms with Gasteiger partial charge in [0.2, 0.25) is 5.88 Å². The highest BCUT2D eigenvalue weighted by Gasteiger charge is 2.03. The van der Waals surface area contributed by atoms with Gasteiger partial charge in [-0.25, -0.2) is 4.98 Å². The summed E-state index contributed by atoms with van der Waals surface area (Å²) in [4.78, 5) is 3.98. The Bertz CT molecular complexity index is 273. The van der Waals surface area contributed by atoms with E-state index in [9.17, 15) is 0 Å². The smallest absolute Gasteiger partial charge is 0.214 e. The molecule has 0 saturated heterocycles. The predicted molar refractivity (Wildman–Crippen MR) is 49.9 cm³/mol. The first-order chi connectivity index (χ1) is 5.63. The van der Waals surface area contributed by atoms with Crippen LogP contribution in [0.15, 0.2) is 12.1 Å². The van der Waals surface area contributed by atoms with Crippen molar-refractivity contribution >= 4 is 11.6 Å². The minimum atomic E-state index is 0.444. The minimum absolute atomic E-state index is 0.444. The second-order valence-electron chi connectivity index (χ2n) is 2.92. The normalized spacial score (nSPS) is 10.4. The maximum absolute atomic E-state index is 5.78. The highest BCUT2D eigenvalue weighted by Crippen LogP contribution is 2.21. The Kier molecular flexibility index (Phi) is 2.93. The lowest BCUT2D eigenvalue weighted by Gasteiger charge is -2.07. The van der Waals surface area contributed by atoms with E-state index in [0.29, 0.717) is 17.0 Å². The van der Waals surface area contributed by atoms with Gasteiger partial charge in [-0.2, -0.15) is 0 Å². The first kappa shape index (κ1) is 9.33. The number of aromatic nitrogens is 1. The number of nitrogens with zero attached hydrogens (tertiary/aromatic N) is 1. The number of hydrogen-bond donors (Lipinski definition) is 0. The summed E-state index contributed by atoms with van der Waals surface area (Å²) < 4.78 is 4.99. The zero-order chi connectivity index (χ0) is 9.14. The maximum Gasteiger partial charge on any atom is 0.214 e. The molecule has 0 N–H and O–H groups in total. The zero-order valence-corrected chi connectivity index (χ0v) is 8.22. The molecule has 0 aromatic carbocycles. The molecule has 0 bridgehead atoms. The molecule has 0 amide bonds. The lowest BCUT2D eigenvalue weighted by atomic mass is 10.1. The van der Waals surface area contributed by atoms with Crippen LogP contribution in [0.3, 0.4) is 0 Å². The van der Waals surface area contributed by atoms with Gasteiger partial charge in [0.25, 0.3) is 0 Å². The van der Waals surface area contributed by atoms with Crippen LogP contribution in [-0.2, 0) is 0 Å². The fourth-order valence-electron chi connectivity index (χ4n) is 0.929. The van der Waals surface area contributed by atoms with Crippen molar-refractivity contribution in [1.29, 1.82) is 0 Å². The van der Waals surface area contributed by atoms with E-state index in [1.54, 1.807) is 7.11 Å². The number of pyridine rings is 1. The van der Waals surface area contributed by atoms with Crippen molar-refractivity contribution in [2.75, 3.05) is 7.11 Å². The fourth-order valence-corrected chi connectivity index (χ4v) is 1.14. The average Bonchev–Trinajstić information content (AvgIpc) is 2.03. The topological polar surface area (TPSA) is 22.1 Å². The molecule has 0 unspecified atom stereocenters. The van der Waals surface area contributed by atoms with Crippen molar-refractivity contribution in [2.45, 2.75) is 19.8 Å². The van der Waals surface area contributed by atoms with E-state index < -0.39 is 0 Å². The summed E-state index contributed by atoms with van der Waals surface area (Å²) in [7, 11) is 1.59. The van der Waals surface area contributed by atoms with E-state index in [-0.39, 0.29) is 0 Å². The molecule has 0 saturated carbocycles. The molecule has 2 nitrogen and oxygen atoms in total. The predicted octanol–water partition coefficient (Wildman–Crippen LogP) is 2.87. The van der Waals surface area contributed by atoms with Crippen molar-refractivity contribution in [3.63, 3.8) is 0 Å². The molecule has 0 fully saturated rings. The average molecular weight is 186 g/mol. The van der Waals surface area contributed by atoms with Crippen LogP contribution < -0.4 is 4.74 Å². The Morgan fingerprint density at radius 3 is 2.58 bits per heavy atom. The third-order valence-electron chi connectivity index (χ3n) is 1.67. The second kappa shape index (κ2) is 3.76. The SMILES string of the molecule is COc1cc(C(C)C)cc(Cl)n1. The molecule has 1 aromatic rings. The summed E-state index contributed by atoms with van der Waals surface area (Å²) in [5.41, 5.74) is 1.15. The van der Waals surface area contributed by atoms with Crippen LogP contribution in [-0.4, -0.2) is 12.1 Å². The van der Waals surface area contributed by atoms with E-state index in [1.165, 1.54) is 0 Å². The van der Waals surface area contributed by atoms with Gasteiger partial charge in [-0.3, -0.25) is 0 Å². The Morgan fingerprint density at radius 2 is 2.08 bits per heavy atom. The van der Waals surface area contributed by atoms with Gasteiger partial charge in [0.1, 0.15) is 5.15 Å². The van der Waals surface area contributed by atoms with Crippen molar-refractivity contribution in [2.24, 2.45) is 0 Å². The Hall–Kier alpha value is -0.760. The number of ether oxygens (including phenoxy) is 1. The van der Waals surface area contributed by atoms with Gasteiger partial charge < -0.3 is 4.74 Å². The molecule has 1 heterocycles. The zero-order valence-electron chi connectivity index (χ0n) is 7.47. The monoisotopic (exact) mass is 185 g/mol. The molecule has 0 aliphatic carbocycles. The molecule has 0 spiro atoms. The van der Waals surface area contributed by atoms with Gasteiger partial charge in [0.05, 0.1) is 7.11 Å². The Labute approximate surface area is 77.5 Å². The van der Waals surface area contributed by atoms with Gasteiger partial charge in [0.15, 0.2) is 0 Å². The van der Waals surface area contributed by atoms with Crippen molar-refractivity contribution in [3.05, 3.63) is 22.8 Å². The molecule has 3 heteroatoms. The molecule has 0 atom stereocenters. The second-order valence-corrected chi connectivity index (χ2v) is 3.31. The summed E-state index contributed by atoms with van der Waals surface area (Å²) in [6.45, 7) is 4.20. The summed E-state index contributed by atoms with van der Waals surface area (Å²) in [5, 5.41) is 0.484. The van der Waals surface area contributed by atoms with E-state index >= 15 is 0 Å². The van der Waals surface area contributed by atoms with E-state index in [4.69, 9.17) is 16.3 Å². The van der Waals surface area contributed by atoms with E-state index in [2.05, 4.69) is 18.8 Å². The third-order valence-corrected chi connectivity index (χ3v) is 1.86. The number of hydrogen-bond acceptors (Lipinski definition) is 2. The maximum atomic E-state index is 5.78. The van der Waals surface area contributed by atoms with Gasteiger partial charge in [-0.15, -0.1) is 0 Å². The summed E-state index contributed by atoms with van der Waals surface area (Å²) in [6.07, 6.45) is 0. The van der Waals surface area contributed by atoms with Crippen molar-refractivity contribution in [3.8, 4) is 5.88 Å². The number of rotatable bonds is 2. The largest absolute Gasteiger partial charge is 0.481 e. The van der Waals surface area contributed by atoms with Crippen LogP contribution in [0.5, 0.6) is 5.88 Å². The standard InChI is InChI=1S/C9H12ClNO/c1-6(2)7-4-8(10)11-9(5-7)12-3/h4-6H,1-3H3. The van der Waals surface area contributed by atoms with Gasteiger partial charge in [0, 0.05) is 6.07 Å². The minimum Gasteiger partial charge on any atom is -0.481 e.